The molecule has 1 aromatic carbocycles. The maximum absolute atomic E-state index is 14.1. The first-order chi connectivity index (χ1) is 9.02. The van der Waals surface area contributed by atoms with Gasteiger partial charge in [0.05, 0.1) is 9.37 Å². The number of halogens is 2. The predicted octanol–water partition coefficient (Wildman–Crippen LogP) is 2.99. The number of rotatable bonds is 3. The van der Waals surface area contributed by atoms with Crippen molar-refractivity contribution in [1.29, 1.82) is 0 Å². The van der Waals surface area contributed by atoms with Gasteiger partial charge in [-0.3, -0.25) is 0 Å². The van der Waals surface area contributed by atoms with Gasteiger partial charge >= 0.3 is 0 Å². The van der Waals surface area contributed by atoms with Crippen LogP contribution in [0.5, 0.6) is 0 Å². The largest absolute Gasteiger partial charge is 0.409 e. The molecule has 0 unspecified atom stereocenters. The second-order valence-electron chi connectivity index (χ2n) is 3.41. The topological polar surface area (TPSA) is 84.4 Å². The molecule has 19 heavy (non-hydrogen) atoms. The van der Waals surface area contributed by atoms with Crippen LogP contribution in [0.2, 0.25) is 0 Å². The molecule has 2 aromatic rings. The van der Waals surface area contributed by atoms with Crippen LogP contribution in [0.15, 0.2) is 31.0 Å². The van der Waals surface area contributed by atoms with Crippen molar-refractivity contribution in [2.24, 2.45) is 10.9 Å². The molecule has 5 nitrogen and oxygen atoms in total. The number of aryl methyl sites for hydroxylation is 1. The number of hydrogen-bond acceptors (Lipinski definition) is 6. The molecule has 0 saturated heterocycles. The lowest BCUT2D eigenvalue weighted by molar-refractivity contribution is 0.318. The number of amidine groups is 1. The van der Waals surface area contributed by atoms with E-state index in [1.807, 2.05) is 6.92 Å². The van der Waals surface area contributed by atoms with Crippen LogP contribution in [0, 0.1) is 12.7 Å². The molecule has 0 spiro atoms. The predicted molar refractivity (Wildman–Crippen MR) is 75.4 cm³/mol. The minimum atomic E-state index is -0.484. The average Bonchev–Trinajstić information content (AvgIpc) is 2.80. The zero-order valence-corrected chi connectivity index (χ0v) is 12.8. The van der Waals surface area contributed by atoms with Gasteiger partial charge in [0.2, 0.25) is 0 Å². The highest BCUT2D eigenvalue weighted by molar-refractivity contribution is 9.10. The second kappa shape index (κ2) is 5.85. The van der Waals surface area contributed by atoms with Gasteiger partial charge in [-0.25, -0.2) is 4.39 Å². The van der Waals surface area contributed by atoms with Gasteiger partial charge < -0.3 is 10.9 Å². The minimum absolute atomic E-state index is 0.147. The zero-order chi connectivity index (χ0) is 14.0. The molecule has 0 saturated carbocycles. The van der Waals surface area contributed by atoms with Crippen molar-refractivity contribution in [3.05, 3.63) is 33.0 Å². The van der Waals surface area contributed by atoms with E-state index in [-0.39, 0.29) is 15.9 Å². The smallest absolute Gasteiger partial charge is 0.179 e. The van der Waals surface area contributed by atoms with Crippen molar-refractivity contribution in [2.45, 2.75) is 16.2 Å². The Morgan fingerprint density at radius 1 is 1.53 bits per heavy atom. The second-order valence-corrected chi connectivity index (χ2v) is 6.68. The molecule has 0 atom stereocenters. The fourth-order valence-electron chi connectivity index (χ4n) is 1.28. The Labute approximate surface area is 124 Å². The Balaban J connectivity index is 2.36. The molecule has 0 radical (unpaired) electrons. The standard InChI is InChI=1S/C10H8BrFN4OS2/c1-4-14-15-10(18-4)19-6-3-2-5(9(13)16-17)7(11)8(6)12/h2-3,17H,1H3,(H2,13,16). The van der Waals surface area contributed by atoms with E-state index in [0.29, 0.717) is 9.24 Å². The molecule has 2 rings (SSSR count). The molecule has 1 aromatic heterocycles. The van der Waals surface area contributed by atoms with Crippen molar-refractivity contribution in [3.63, 3.8) is 0 Å². The zero-order valence-electron chi connectivity index (χ0n) is 9.59. The number of aromatic nitrogens is 2. The summed E-state index contributed by atoms with van der Waals surface area (Å²) in [6, 6.07) is 3.12. The molecule has 0 bridgehead atoms. The fraction of sp³-hybridized carbons (Fsp3) is 0.100. The van der Waals surface area contributed by atoms with Crippen LogP contribution in [-0.4, -0.2) is 21.2 Å². The minimum Gasteiger partial charge on any atom is -0.409 e. The van der Waals surface area contributed by atoms with Gasteiger partial charge in [0.15, 0.2) is 16.0 Å². The van der Waals surface area contributed by atoms with Gasteiger partial charge in [-0.2, -0.15) is 0 Å². The summed E-state index contributed by atoms with van der Waals surface area (Å²) in [6.45, 7) is 1.83. The van der Waals surface area contributed by atoms with Crippen LogP contribution in [-0.2, 0) is 0 Å². The molecule has 0 aliphatic rings. The third kappa shape index (κ3) is 3.04. The first-order valence-corrected chi connectivity index (χ1v) is 7.39. The summed E-state index contributed by atoms with van der Waals surface area (Å²) in [4.78, 5) is 0.387. The molecule has 0 aliphatic carbocycles. The lowest BCUT2D eigenvalue weighted by atomic mass is 10.2. The molecule has 9 heteroatoms. The van der Waals surface area contributed by atoms with Crippen molar-refractivity contribution in [1.82, 2.24) is 10.2 Å². The van der Waals surface area contributed by atoms with E-state index in [4.69, 9.17) is 10.9 Å². The lowest BCUT2D eigenvalue weighted by Crippen LogP contribution is -2.14. The molecular weight excluding hydrogens is 355 g/mol. The van der Waals surface area contributed by atoms with Gasteiger partial charge in [0.25, 0.3) is 0 Å². The van der Waals surface area contributed by atoms with E-state index in [2.05, 4.69) is 31.3 Å². The summed E-state index contributed by atoms with van der Waals surface area (Å²) in [5.74, 6) is -0.643. The van der Waals surface area contributed by atoms with Crippen molar-refractivity contribution < 1.29 is 9.60 Å². The Kier molecular flexibility index (Phi) is 4.38. The third-order valence-electron chi connectivity index (χ3n) is 2.14. The number of oxime groups is 1. The summed E-state index contributed by atoms with van der Waals surface area (Å²) < 4.78 is 14.9. The van der Waals surface area contributed by atoms with Crippen LogP contribution in [0.4, 0.5) is 4.39 Å². The Morgan fingerprint density at radius 2 is 2.26 bits per heavy atom. The Morgan fingerprint density at radius 3 is 2.84 bits per heavy atom. The molecule has 3 N–H and O–H groups in total. The van der Waals surface area contributed by atoms with Crippen LogP contribution >= 0.6 is 39.0 Å². The van der Waals surface area contributed by atoms with Crippen molar-refractivity contribution >= 4 is 44.9 Å². The summed E-state index contributed by atoms with van der Waals surface area (Å²) >= 11 is 5.65. The van der Waals surface area contributed by atoms with Crippen molar-refractivity contribution in [2.75, 3.05) is 0 Å². The quantitative estimate of drug-likeness (QED) is 0.379. The molecule has 0 fully saturated rings. The van der Waals surface area contributed by atoms with Gasteiger partial charge in [0, 0.05) is 5.56 Å². The van der Waals surface area contributed by atoms with Gasteiger partial charge in [-0.05, 0) is 35.0 Å². The number of nitrogens with two attached hydrogens (primary N) is 1. The van der Waals surface area contributed by atoms with E-state index in [1.165, 1.54) is 23.1 Å². The SMILES string of the molecule is Cc1nnc(Sc2ccc(/C(N)=N/O)c(Br)c2F)s1. The highest BCUT2D eigenvalue weighted by Gasteiger charge is 2.16. The summed E-state index contributed by atoms with van der Waals surface area (Å²) in [6.07, 6.45) is 0. The van der Waals surface area contributed by atoms with E-state index in [0.717, 1.165) is 5.01 Å². The molecular formula is C10H8BrFN4OS2. The van der Waals surface area contributed by atoms with Crippen LogP contribution < -0.4 is 5.73 Å². The maximum Gasteiger partial charge on any atom is 0.179 e. The van der Waals surface area contributed by atoms with Gasteiger partial charge in [0.1, 0.15) is 5.01 Å². The number of benzene rings is 1. The molecule has 0 aliphatic heterocycles. The van der Waals surface area contributed by atoms with E-state index >= 15 is 0 Å². The summed E-state index contributed by atoms with van der Waals surface area (Å²) in [7, 11) is 0. The monoisotopic (exact) mass is 362 g/mol. The average molecular weight is 363 g/mol. The Bertz CT molecular complexity index is 646. The number of hydrogen-bond donors (Lipinski definition) is 2. The summed E-state index contributed by atoms with van der Waals surface area (Å²) in [5, 5.41) is 20.1. The van der Waals surface area contributed by atoms with E-state index < -0.39 is 5.82 Å². The molecule has 1 heterocycles. The summed E-state index contributed by atoms with van der Waals surface area (Å²) in [5.41, 5.74) is 5.74. The fourth-order valence-corrected chi connectivity index (χ4v) is 3.77. The van der Waals surface area contributed by atoms with Gasteiger partial charge in [-0.1, -0.05) is 28.3 Å². The number of nitrogens with zero attached hydrogens (tertiary/aromatic N) is 3. The first-order valence-electron chi connectivity index (χ1n) is 4.96. The molecule has 100 valence electrons. The first kappa shape index (κ1) is 14.2. The highest BCUT2D eigenvalue weighted by atomic mass is 79.9. The highest BCUT2D eigenvalue weighted by Crippen LogP contribution is 2.35. The van der Waals surface area contributed by atoms with Crippen LogP contribution in [0.3, 0.4) is 0 Å². The Hall–Kier alpha value is -1.19. The normalized spacial score (nSPS) is 11.8. The van der Waals surface area contributed by atoms with Crippen LogP contribution in [0.25, 0.3) is 0 Å². The van der Waals surface area contributed by atoms with Gasteiger partial charge in [-0.15, -0.1) is 10.2 Å². The van der Waals surface area contributed by atoms with Crippen molar-refractivity contribution in [3.8, 4) is 0 Å². The lowest BCUT2D eigenvalue weighted by Gasteiger charge is -2.07. The van der Waals surface area contributed by atoms with E-state index in [9.17, 15) is 4.39 Å². The van der Waals surface area contributed by atoms with E-state index in [1.54, 1.807) is 12.1 Å². The molecule has 0 amide bonds. The maximum atomic E-state index is 14.1. The van der Waals surface area contributed by atoms with Crippen LogP contribution in [0.1, 0.15) is 10.6 Å². The third-order valence-corrected chi connectivity index (χ3v) is 4.84.